The summed E-state index contributed by atoms with van der Waals surface area (Å²) in [5, 5.41) is 0. The lowest BCUT2D eigenvalue weighted by atomic mass is 10.2. The molecule has 0 aromatic carbocycles. The van der Waals surface area contributed by atoms with Crippen molar-refractivity contribution in [2.24, 2.45) is 0 Å². The molecular formula is C8H4F4INO2. The Morgan fingerprint density at radius 1 is 1.50 bits per heavy atom. The Balaban J connectivity index is 3.20. The van der Waals surface area contributed by atoms with Crippen LogP contribution in [-0.4, -0.2) is 17.6 Å². The molecule has 0 aliphatic carbocycles. The van der Waals surface area contributed by atoms with Gasteiger partial charge in [0, 0.05) is 5.56 Å². The van der Waals surface area contributed by atoms with Crippen LogP contribution >= 0.6 is 22.6 Å². The molecule has 0 radical (unpaired) electrons. The normalized spacial score (nSPS) is 11.3. The lowest BCUT2D eigenvalue weighted by Crippen LogP contribution is -2.19. The monoisotopic (exact) mass is 349 g/mol. The number of hydrogen-bond acceptors (Lipinski definition) is 3. The minimum Gasteiger partial charge on any atom is -0.403 e. The maximum atomic E-state index is 12.4. The molecule has 0 spiro atoms. The summed E-state index contributed by atoms with van der Waals surface area (Å²) < 4.78 is 51.8. The number of aldehydes is 1. The summed E-state index contributed by atoms with van der Waals surface area (Å²) in [6.07, 6.45) is -4.83. The Labute approximate surface area is 101 Å². The minimum absolute atomic E-state index is 0.0644. The molecule has 1 rings (SSSR count). The smallest absolute Gasteiger partial charge is 0.403 e. The van der Waals surface area contributed by atoms with Crippen LogP contribution in [-0.2, 0) is 6.67 Å². The van der Waals surface area contributed by atoms with E-state index in [0.29, 0.717) is 0 Å². The molecule has 1 heterocycles. The molecule has 0 aliphatic rings. The molecule has 0 saturated carbocycles. The van der Waals surface area contributed by atoms with E-state index in [0.717, 1.165) is 6.07 Å². The fourth-order valence-electron chi connectivity index (χ4n) is 0.909. The molecular weight excluding hydrogens is 345 g/mol. The van der Waals surface area contributed by atoms with E-state index < -0.39 is 24.5 Å². The first-order valence-electron chi connectivity index (χ1n) is 3.83. The highest BCUT2D eigenvalue weighted by molar-refractivity contribution is 14.1. The van der Waals surface area contributed by atoms with Gasteiger partial charge in [-0.1, -0.05) is 0 Å². The van der Waals surface area contributed by atoms with E-state index in [1.807, 2.05) is 0 Å². The van der Waals surface area contributed by atoms with E-state index >= 15 is 0 Å². The van der Waals surface area contributed by atoms with Crippen LogP contribution in [0, 0.1) is 3.70 Å². The van der Waals surface area contributed by atoms with Gasteiger partial charge in [-0.05, 0) is 28.7 Å². The highest BCUT2D eigenvalue weighted by Gasteiger charge is 2.32. The second-order valence-corrected chi connectivity index (χ2v) is 3.64. The van der Waals surface area contributed by atoms with Crippen molar-refractivity contribution < 1.29 is 27.1 Å². The molecule has 3 nitrogen and oxygen atoms in total. The Morgan fingerprint density at radius 3 is 2.56 bits per heavy atom. The summed E-state index contributed by atoms with van der Waals surface area (Å²) in [7, 11) is 0. The van der Waals surface area contributed by atoms with Crippen LogP contribution in [0.4, 0.5) is 17.6 Å². The van der Waals surface area contributed by atoms with E-state index in [2.05, 4.69) is 9.72 Å². The van der Waals surface area contributed by atoms with Crippen molar-refractivity contribution in [2.45, 2.75) is 13.0 Å². The molecule has 0 unspecified atom stereocenters. The summed E-state index contributed by atoms with van der Waals surface area (Å²) in [5.74, 6) is -0.796. The third-order valence-corrected chi connectivity index (χ3v) is 2.46. The third kappa shape index (κ3) is 3.29. The quantitative estimate of drug-likeness (QED) is 0.365. The number of alkyl halides is 4. The predicted molar refractivity (Wildman–Crippen MR) is 53.8 cm³/mol. The topological polar surface area (TPSA) is 39.2 Å². The fraction of sp³-hybridized carbons (Fsp3) is 0.250. The Kier molecular flexibility index (Phi) is 4.05. The number of hydrogen-bond donors (Lipinski definition) is 0. The Morgan fingerprint density at radius 2 is 2.12 bits per heavy atom. The van der Waals surface area contributed by atoms with Crippen LogP contribution < -0.4 is 4.74 Å². The van der Waals surface area contributed by atoms with Crippen molar-refractivity contribution in [1.29, 1.82) is 0 Å². The van der Waals surface area contributed by atoms with E-state index in [1.54, 1.807) is 22.6 Å². The van der Waals surface area contributed by atoms with Gasteiger partial charge < -0.3 is 4.74 Å². The molecule has 0 aliphatic heterocycles. The van der Waals surface area contributed by atoms with E-state index in [4.69, 9.17) is 0 Å². The van der Waals surface area contributed by atoms with Crippen molar-refractivity contribution in [3.05, 3.63) is 21.0 Å². The highest BCUT2D eigenvalue weighted by atomic mass is 127. The molecule has 0 fully saturated rings. The number of aromatic nitrogens is 1. The van der Waals surface area contributed by atoms with Crippen LogP contribution in [0.25, 0.3) is 0 Å². The number of rotatable bonds is 3. The number of halogens is 5. The zero-order valence-corrected chi connectivity index (χ0v) is 9.67. The van der Waals surface area contributed by atoms with Crippen molar-refractivity contribution in [1.82, 2.24) is 4.98 Å². The summed E-state index contributed by atoms with van der Waals surface area (Å²) in [4.78, 5) is 14.0. The summed E-state index contributed by atoms with van der Waals surface area (Å²) in [5.41, 5.74) is -0.579. The lowest BCUT2D eigenvalue weighted by Gasteiger charge is -2.11. The molecule has 0 saturated heterocycles. The molecule has 0 N–H and O–H groups in total. The molecule has 0 amide bonds. The summed E-state index contributed by atoms with van der Waals surface area (Å²) >= 11 is 1.62. The van der Waals surface area contributed by atoms with Crippen LogP contribution in [0.3, 0.4) is 0 Å². The van der Waals surface area contributed by atoms with Crippen LogP contribution in [0.15, 0.2) is 6.07 Å². The van der Waals surface area contributed by atoms with Gasteiger partial charge in [-0.15, -0.1) is 13.2 Å². The van der Waals surface area contributed by atoms with E-state index in [-0.39, 0.29) is 15.6 Å². The van der Waals surface area contributed by atoms with Gasteiger partial charge >= 0.3 is 6.36 Å². The Hall–Kier alpha value is -0.930. The maximum absolute atomic E-state index is 12.4. The number of ether oxygens (including phenoxy) is 1. The van der Waals surface area contributed by atoms with Gasteiger partial charge in [0.25, 0.3) is 0 Å². The zero-order valence-electron chi connectivity index (χ0n) is 7.52. The lowest BCUT2D eigenvalue weighted by molar-refractivity contribution is -0.274. The average Bonchev–Trinajstić information content (AvgIpc) is 2.18. The van der Waals surface area contributed by atoms with Crippen molar-refractivity contribution >= 4 is 28.9 Å². The van der Waals surface area contributed by atoms with Gasteiger partial charge in [-0.25, -0.2) is 9.37 Å². The molecule has 1 aromatic heterocycles. The van der Waals surface area contributed by atoms with Crippen LogP contribution in [0.1, 0.15) is 16.1 Å². The van der Waals surface area contributed by atoms with Gasteiger partial charge in [0.1, 0.15) is 16.1 Å². The number of nitrogens with zero attached hydrogens (tertiary/aromatic N) is 1. The molecule has 16 heavy (non-hydrogen) atoms. The second-order valence-electron chi connectivity index (χ2n) is 2.62. The van der Waals surface area contributed by atoms with Gasteiger partial charge in [0.2, 0.25) is 0 Å². The molecule has 0 bridgehead atoms. The van der Waals surface area contributed by atoms with Gasteiger partial charge in [0.15, 0.2) is 12.0 Å². The first kappa shape index (κ1) is 13.1. The minimum atomic E-state index is -4.94. The Bertz CT molecular complexity index is 408. The molecule has 88 valence electrons. The summed E-state index contributed by atoms with van der Waals surface area (Å²) in [6.45, 7) is -0.987. The fourth-order valence-corrected chi connectivity index (χ4v) is 1.47. The van der Waals surface area contributed by atoms with Crippen LogP contribution in [0.5, 0.6) is 5.75 Å². The predicted octanol–water partition coefficient (Wildman–Crippen LogP) is 2.87. The first-order valence-corrected chi connectivity index (χ1v) is 4.91. The van der Waals surface area contributed by atoms with Gasteiger partial charge in [-0.2, -0.15) is 0 Å². The molecule has 8 heteroatoms. The maximum Gasteiger partial charge on any atom is 0.573 e. The zero-order chi connectivity index (χ0) is 12.3. The van der Waals surface area contributed by atoms with Gasteiger partial charge in [0.05, 0.1) is 0 Å². The van der Waals surface area contributed by atoms with Crippen molar-refractivity contribution in [2.75, 3.05) is 0 Å². The van der Waals surface area contributed by atoms with Crippen LogP contribution in [0.2, 0.25) is 0 Å². The molecule has 0 atom stereocenters. The van der Waals surface area contributed by atoms with Gasteiger partial charge in [-0.3, -0.25) is 4.79 Å². The van der Waals surface area contributed by atoms with Crippen molar-refractivity contribution in [3.63, 3.8) is 0 Å². The standard InChI is InChI=1S/C8H4F4INO2/c9-2-4-1-6(16-8(10,11)12)5(3-15)14-7(4)13/h1,3H,2H2. The number of pyridine rings is 1. The first-order chi connectivity index (χ1) is 7.37. The summed E-state index contributed by atoms with van der Waals surface area (Å²) in [6, 6.07) is 0.812. The average molecular weight is 349 g/mol. The third-order valence-electron chi connectivity index (χ3n) is 1.52. The SMILES string of the molecule is O=Cc1nc(I)c(CF)cc1OC(F)(F)F. The largest absolute Gasteiger partial charge is 0.573 e. The van der Waals surface area contributed by atoms with E-state index in [9.17, 15) is 22.4 Å². The number of carbonyl (C=O) groups is 1. The highest BCUT2D eigenvalue weighted by Crippen LogP contribution is 2.27. The van der Waals surface area contributed by atoms with E-state index in [1.165, 1.54) is 0 Å². The molecule has 1 aromatic rings. The second kappa shape index (κ2) is 4.93. The number of carbonyl (C=O) groups excluding carboxylic acids is 1. The van der Waals surface area contributed by atoms with Crippen molar-refractivity contribution in [3.8, 4) is 5.75 Å².